The van der Waals surface area contributed by atoms with Gasteiger partial charge in [-0.05, 0) is 31.0 Å². The van der Waals surface area contributed by atoms with Gasteiger partial charge < -0.3 is 10.6 Å². The summed E-state index contributed by atoms with van der Waals surface area (Å²) in [6.07, 6.45) is -4.99. The second-order valence-corrected chi connectivity index (χ2v) is 3.98. The molecule has 104 valence electrons. The first-order valence-electron chi connectivity index (χ1n) is 5.43. The molecule has 0 saturated heterocycles. The summed E-state index contributed by atoms with van der Waals surface area (Å²) in [5.41, 5.74) is 2.27. The largest absolute Gasteiger partial charge is 0.471 e. The zero-order chi connectivity index (χ0) is 14.6. The van der Waals surface area contributed by atoms with E-state index in [0.29, 0.717) is 5.69 Å². The van der Waals surface area contributed by atoms with Crippen LogP contribution in [0.25, 0.3) is 0 Å². The lowest BCUT2D eigenvalue weighted by Gasteiger charge is -2.11. The first-order chi connectivity index (χ1) is 8.71. The molecule has 0 aliphatic heterocycles. The molecule has 2 N–H and O–H groups in total. The normalized spacial score (nSPS) is 11.0. The maximum absolute atomic E-state index is 11.9. The van der Waals surface area contributed by atoms with Crippen molar-refractivity contribution in [1.82, 2.24) is 5.32 Å². The van der Waals surface area contributed by atoms with Crippen LogP contribution < -0.4 is 10.6 Å². The number of amides is 2. The number of rotatable bonds is 3. The van der Waals surface area contributed by atoms with Gasteiger partial charge in [0.05, 0.1) is 6.54 Å². The second kappa shape index (κ2) is 5.73. The molecule has 0 fully saturated rings. The summed E-state index contributed by atoms with van der Waals surface area (Å²) in [7, 11) is 0. The molecule has 2 amide bonds. The number of alkyl halides is 3. The number of hydrogen-bond donors (Lipinski definition) is 2. The molecule has 1 aromatic rings. The summed E-state index contributed by atoms with van der Waals surface area (Å²) >= 11 is 0. The van der Waals surface area contributed by atoms with Crippen molar-refractivity contribution < 1.29 is 22.8 Å². The monoisotopic (exact) mass is 274 g/mol. The summed E-state index contributed by atoms with van der Waals surface area (Å²) in [6.45, 7) is 2.89. The average molecular weight is 274 g/mol. The van der Waals surface area contributed by atoms with Crippen molar-refractivity contribution in [1.29, 1.82) is 0 Å². The van der Waals surface area contributed by atoms with E-state index in [0.717, 1.165) is 11.1 Å². The molecule has 0 unspecified atom stereocenters. The fourth-order valence-corrected chi connectivity index (χ4v) is 1.34. The molecule has 0 saturated carbocycles. The van der Waals surface area contributed by atoms with E-state index >= 15 is 0 Å². The van der Waals surface area contributed by atoms with Gasteiger partial charge in [0, 0.05) is 5.69 Å². The molecule has 4 nitrogen and oxygen atoms in total. The molecule has 0 aliphatic rings. The third-order valence-corrected chi connectivity index (χ3v) is 2.55. The van der Waals surface area contributed by atoms with Crippen LogP contribution in [0.5, 0.6) is 0 Å². The number of halogens is 3. The third kappa shape index (κ3) is 4.27. The Morgan fingerprint density at radius 3 is 2.42 bits per heavy atom. The predicted molar refractivity (Wildman–Crippen MR) is 63.6 cm³/mol. The minimum atomic E-state index is -4.99. The molecule has 1 rings (SSSR count). The van der Waals surface area contributed by atoms with Crippen molar-refractivity contribution in [2.75, 3.05) is 11.9 Å². The van der Waals surface area contributed by atoms with E-state index in [1.165, 1.54) is 5.32 Å². The van der Waals surface area contributed by atoms with Gasteiger partial charge in [-0.25, -0.2) is 0 Å². The fraction of sp³-hybridized carbons (Fsp3) is 0.333. The van der Waals surface area contributed by atoms with Gasteiger partial charge in [-0.3, -0.25) is 9.59 Å². The van der Waals surface area contributed by atoms with Crippen molar-refractivity contribution in [2.45, 2.75) is 20.0 Å². The number of aryl methyl sites for hydroxylation is 1. The lowest BCUT2D eigenvalue weighted by molar-refractivity contribution is -0.173. The van der Waals surface area contributed by atoms with Crippen LogP contribution in [0.2, 0.25) is 0 Å². The first kappa shape index (κ1) is 15.0. The molecular weight excluding hydrogens is 261 g/mol. The van der Waals surface area contributed by atoms with E-state index in [2.05, 4.69) is 5.32 Å². The zero-order valence-corrected chi connectivity index (χ0v) is 10.4. The summed E-state index contributed by atoms with van der Waals surface area (Å²) in [5.74, 6) is -2.85. The zero-order valence-electron chi connectivity index (χ0n) is 10.4. The maximum atomic E-state index is 11.9. The van der Waals surface area contributed by atoms with Crippen molar-refractivity contribution in [3.05, 3.63) is 29.3 Å². The lowest BCUT2D eigenvalue weighted by Crippen LogP contribution is -2.41. The molecule has 0 radical (unpaired) electrons. The molecule has 7 heteroatoms. The van der Waals surface area contributed by atoms with Gasteiger partial charge in [-0.1, -0.05) is 12.1 Å². The Balaban J connectivity index is 2.57. The van der Waals surface area contributed by atoms with Crippen molar-refractivity contribution >= 4 is 17.5 Å². The van der Waals surface area contributed by atoms with E-state index < -0.39 is 24.5 Å². The van der Waals surface area contributed by atoms with Crippen LogP contribution in [0.1, 0.15) is 11.1 Å². The quantitative estimate of drug-likeness (QED) is 0.884. The van der Waals surface area contributed by atoms with Gasteiger partial charge in [-0.15, -0.1) is 0 Å². The van der Waals surface area contributed by atoms with E-state index in [1.807, 2.05) is 13.0 Å². The Labute approximate surface area is 108 Å². The summed E-state index contributed by atoms with van der Waals surface area (Å²) < 4.78 is 35.7. The highest BCUT2D eigenvalue weighted by Gasteiger charge is 2.38. The van der Waals surface area contributed by atoms with Crippen LogP contribution >= 0.6 is 0 Å². The standard InChI is InChI=1S/C12H13F3N2O2/c1-7-4-3-5-9(8(7)2)17-10(18)6-16-11(19)12(13,14)15/h3-5H,6H2,1-2H3,(H,16,19)(H,17,18). The van der Waals surface area contributed by atoms with E-state index in [9.17, 15) is 22.8 Å². The minimum Gasteiger partial charge on any atom is -0.339 e. The van der Waals surface area contributed by atoms with Crippen LogP contribution in [-0.2, 0) is 9.59 Å². The molecule has 0 aromatic heterocycles. The van der Waals surface area contributed by atoms with Crippen molar-refractivity contribution in [3.63, 3.8) is 0 Å². The third-order valence-electron chi connectivity index (χ3n) is 2.55. The fourth-order valence-electron chi connectivity index (χ4n) is 1.34. The molecule has 0 spiro atoms. The highest BCUT2D eigenvalue weighted by atomic mass is 19.4. The predicted octanol–water partition coefficient (Wildman–Crippen LogP) is 1.92. The second-order valence-electron chi connectivity index (χ2n) is 3.98. The molecule has 0 atom stereocenters. The Morgan fingerprint density at radius 1 is 1.21 bits per heavy atom. The van der Waals surface area contributed by atoms with Gasteiger partial charge in [-0.2, -0.15) is 13.2 Å². The van der Waals surface area contributed by atoms with Gasteiger partial charge in [0.2, 0.25) is 5.91 Å². The number of benzene rings is 1. The minimum absolute atomic E-state index is 0.506. The molecule has 0 aliphatic carbocycles. The summed E-state index contributed by atoms with van der Waals surface area (Å²) in [5, 5.41) is 3.94. The SMILES string of the molecule is Cc1cccc(NC(=O)CNC(=O)C(F)(F)F)c1C. The van der Waals surface area contributed by atoms with Gasteiger partial charge >= 0.3 is 12.1 Å². The first-order valence-corrected chi connectivity index (χ1v) is 5.43. The Hall–Kier alpha value is -2.05. The van der Waals surface area contributed by atoms with Crippen LogP contribution in [0.15, 0.2) is 18.2 Å². The van der Waals surface area contributed by atoms with E-state index in [-0.39, 0.29) is 0 Å². The number of carbonyl (C=O) groups excluding carboxylic acids is 2. The Kier molecular flexibility index (Phi) is 4.52. The number of carbonyl (C=O) groups is 2. The van der Waals surface area contributed by atoms with Crippen LogP contribution in [0, 0.1) is 13.8 Å². The van der Waals surface area contributed by atoms with Gasteiger partial charge in [0.1, 0.15) is 0 Å². The summed E-state index contributed by atoms with van der Waals surface area (Å²) in [6, 6.07) is 5.19. The van der Waals surface area contributed by atoms with E-state index in [4.69, 9.17) is 0 Å². The molecule has 1 aromatic carbocycles. The Morgan fingerprint density at radius 2 is 1.84 bits per heavy atom. The van der Waals surface area contributed by atoms with E-state index in [1.54, 1.807) is 19.1 Å². The maximum Gasteiger partial charge on any atom is 0.471 e. The Bertz CT molecular complexity index is 498. The molecule has 0 bridgehead atoms. The highest BCUT2D eigenvalue weighted by molar-refractivity contribution is 5.95. The smallest absolute Gasteiger partial charge is 0.339 e. The van der Waals surface area contributed by atoms with Crippen LogP contribution in [0.3, 0.4) is 0 Å². The van der Waals surface area contributed by atoms with Gasteiger partial charge in [0.25, 0.3) is 0 Å². The number of hydrogen-bond acceptors (Lipinski definition) is 2. The molecule has 0 heterocycles. The highest BCUT2D eigenvalue weighted by Crippen LogP contribution is 2.17. The number of anilines is 1. The van der Waals surface area contributed by atoms with Crippen LogP contribution in [-0.4, -0.2) is 24.5 Å². The van der Waals surface area contributed by atoms with Crippen LogP contribution in [0.4, 0.5) is 18.9 Å². The van der Waals surface area contributed by atoms with Crippen molar-refractivity contribution in [3.8, 4) is 0 Å². The van der Waals surface area contributed by atoms with Gasteiger partial charge in [0.15, 0.2) is 0 Å². The number of nitrogens with one attached hydrogen (secondary N) is 2. The average Bonchev–Trinajstić information content (AvgIpc) is 2.30. The topological polar surface area (TPSA) is 58.2 Å². The lowest BCUT2D eigenvalue weighted by atomic mass is 10.1. The summed E-state index contributed by atoms with van der Waals surface area (Å²) in [4.78, 5) is 21.9. The van der Waals surface area contributed by atoms with Crippen molar-refractivity contribution in [2.24, 2.45) is 0 Å². The molecular formula is C12H13F3N2O2. The molecule has 19 heavy (non-hydrogen) atoms.